The Kier molecular flexibility index (Phi) is 1.80. The third kappa shape index (κ3) is 1.24. The number of aromatic nitrogens is 5. The lowest BCUT2D eigenvalue weighted by molar-refractivity contribution is 0.509. The van der Waals surface area contributed by atoms with Gasteiger partial charge in [0.25, 0.3) is 0 Å². The number of aryl methyl sites for hydroxylation is 1. The standard InChI is InChI=1S/C11H11N5S/c1-6-2-3-7-8(4-6)17-11-9(7)10-13-14-15-16(10)5-12-11/h5-6H,2-4H2,1H3. The first kappa shape index (κ1) is 9.47. The fraction of sp³-hybridized carbons (Fsp3) is 0.455. The zero-order valence-electron chi connectivity index (χ0n) is 9.42. The number of rotatable bonds is 0. The van der Waals surface area contributed by atoms with Crippen molar-refractivity contribution in [2.24, 2.45) is 5.92 Å². The van der Waals surface area contributed by atoms with E-state index in [1.54, 1.807) is 22.2 Å². The summed E-state index contributed by atoms with van der Waals surface area (Å²) in [6.07, 6.45) is 5.25. The quantitative estimate of drug-likeness (QED) is 0.606. The summed E-state index contributed by atoms with van der Waals surface area (Å²) >= 11 is 1.80. The second-order valence-electron chi connectivity index (χ2n) is 4.72. The SMILES string of the molecule is CC1CCc2c(sc3ncn4nnnc4c23)C1. The molecule has 3 aromatic rings. The van der Waals surface area contributed by atoms with E-state index in [0.717, 1.165) is 22.8 Å². The highest BCUT2D eigenvalue weighted by atomic mass is 32.1. The Labute approximate surface area is 101 Å². The van der Waals surface area contributed by atoms with Crippen molar-refractivity contribution in [3.63, 3.8) is 0 Å². The van der Waals surface area contributed by atoms with Crippen LogP contribution in [0.25, 0.3) is 15.9 Å². The molecule has 5 nitrogen and oxygen atoms in total. The number of thiophene rings is 1. The zero-order chi connectivity index (χ0) is 11.4. The predicted molar refractivity (Wildman–Crippen MR) is 65.1 cm³/mol. The van der Waals surface area contributed by atoms with Crippen LogP contribution in [-0.2, 0) is 12.8 Å². The fourth-order valence-electron chi connectivity index (χ4n) is 2.60. The number of tetrazole rings is 1. The van der Waals surface area contributed by atoms with E-state index < -0.39 is 0 Å². The second-order valence-corrected chi connectivity index (χ2v) is 5.81. The van der Waals surface area contributed by atoms with Crippen molar-refractivity contribution in [1.29, 1.82) is 0 Å². The van der Waals surface area contributed by atoms with Gasteiger partial charge in [-0.3, -0.25) is 0 Å². The van der Waals surface area contributed by atoms with Crippen molar-refractivity contribution < 1.29 is 0 Å². The number of nitrogens with zero attached hydrogens (tertiary/aromatic N) is 5. The highest BCUT2D eigenvalue weighted by molar-refractivity contribution is 7.19. The minimum absolute atomic E-state index is 0.780. The van der Waals surface area contributed by atoms with Crippen LogP contribution in [0.15, 0.2) is 6.33 Å². The Balaban J connectivity index is 2.12. The molecule has 6 heteroatoms. The Morgan fingerprint density at radius 1 is 1.47 bits per heavy atom. The molecule has 0 spiro atoms. The van der Waals surface area contributed by atoms with Crippen LogP contribution < -0.4 is 0 Å². The van der Waals surface area contributed by atoms with Crippen LogP contribution in [0.1, 0.15) is 23.8 Å². The largest absolute Gasteiger partial charge is 0.225 e. The average molecular weight is 245 g/mol. The first-order valence-electron chi connectivity index (χ1n) is 5.80. The molecule has 0 aromatic carbocycles. The summed E-state index contributed by atoms with van der Waals surface area (Å²) in [5.74, 6) is 0.780. The van der Waals surface area contributed by atoms with Crippen LogP contribution >= 0.6 is 11.3 Å². The van der Waals surface area contributed by atoms with Crippen molar-refractivity contribution in [2.45, 2.75) is 26.2 Å². The smallest absolute Gasteiger partial charge is 0.191 e. The minimum Gasteiger partial charge on any atom is -0.225 e. The van der Waals surface area contributed by atoms with Gasteiger partial charge in [0, 0.05) is 4.88 Å². The molecule has 4 rings (SSSR count). The van der Waals surface area contributed by atoms with Gasteiger partial charge < -0.3 is 0 Å². The maximum absolute atomic E-state index is 4.45. The van der Waals surface area contributed by atoms with Crippen molar-refractivity contribution in [3.05, 3.63) is 16.8 Å². The summed E-state index contributed by atoms with van der Waals surface area (Å²) in [6.45, 7) is 2.31. The fourth-order valence-corrected chi connectivity index (χ4v) is 3.95. The molecule has 1 atom stereocenters. The monoisotopic (exact) mass is 245 g/mol. The molecule has 1 unspecified atom stereocenters. The molecule has 0 N–H and O–H groups in total. The number of hydrogen-bond acceptors (Lipinski definition) is 5. The lowest BCUT2D eigenvalue weighted by atomic mass is 9.89. The molecule has 86 valence electrons. The summed E-state index contributed by atoms with van der Waals surface area (Å²) in [5.41, 5.74) is 2.28. The molecule has 1 aliphatic rings. The minimum atomic E-state index is 0.780. The molecular weight excluding hydrogens is 234 g/mol. The molecule has 1 aliphatic carbocycles. The summed E-state index contributed by atoms with van der Waals surface area (Å²) in [5, 5.41) is 12.9. The van der Waals surface area contributed by atoms with Gasteiger partial charge >= 0.3 is 0 Å². The molecular formula is C11H11N5S. The molecule has 0 saturated heterocycles. The molecule has 0 aliphatic heterocycles. The van der Waals surface area contributed by atoms with Crippen molar-refractivity contribution >= 4 is 27.2 Å². The van der Waals surface area contributed by atoms with E-state index in [2.05, 4.69) is 27.4 Å². The van der Waals surface area contributed by atoms with Gasteiger partial charge in [0.2, 0.25) is 0 Å². The second kappa shape index (κ2) is 3.22. The van der Waals surface area contributed by atoms with Gasteiger partial charge in [-0.2, -0.15) is 4.52 Å². The van der Waals surface area contributed by atoms with E-state index in [1.807, 2.05) is 0 Å². The van der Waals surface area contributed by atoms with E-state index in [-0.39, 0.29) is 0 Å². The highest BCUT2D eigenvalue weighted by Crippen LogP contribution is 2.38. The maximum Gasteiger partial charge on any atom is 0.191 e. The normalized spacial score (nSPS) is 19.9. The van der Waals surface area contributed by atoms with E-state index in [1.165, 1.54) is 28.7 Å². The Morgan fingerprint density at radius 3 is 3.35 bits per heavy atom. The van der Waals surface area contributed by atoms with Gasteiger partial charge in [0.15, 0.2) is 5.65 Å². The molecule has 3 heterocycles. The van der Waals surface area contributed by atoms with Crippen molar-refractivity contribution in [2.75, 3.05) is 0 Å². The van der Waals surface area contributed by atoms with Crippen LogP contribution in [-0.4, -0.2) is 25.0 Å². The molecule has 3 aromatic heterocycles. The summed E-state index contributed by atoms with van der Waals surface area (Å²) in [6, 6.07) is 0. The molecule has 0 amide bonds. The summed E-state index contributed by atoms with van der Waals surface area (Å²) in [4.78, 5) is 7.00. The van der Waals surface area contributed by atoms with Gasteiger partial charge in [-0.1, -0.05) is 6.92 Å². The lowest BCUT2D eigenvalue weighted by Gasteiger charge is -2.17. The van der Waals surface area contributed by atoms with Gasteiger partial charge in [-0.05, 0) is 41.2 Å². The van der Waals surface area contributed by atoms with E-state index in [4.69, 9.17) is 0 Å². The predicted octanol–water partition coefficient (Wildman–Crippen LogP) is 1.86. The van der Waals surface area contributed by atoms with Gasteiger partial charge in [0.1, 0.15) is 11.2 Å². The van der Waals surface area contributed by atoms with Crippen LogP contribution in [0.4, 0.5) is 0 Å². The first-order chi connectivity index (χ1) is 8.33. The zero-order valence-corrected chi connectivity index (χ0v) is 10.2. The van der Waals surface area contributed by atoms with Crippen molar-refractivity contribution in [3.8, 4) is 0 Å². The molecule has 0 saturated carbocycles. The van der Waals surface area contributed by atoms with Crippen LogP contribution in [0.2, 0.25) is 0 Å². The van der Waals surface area contributed by atoms with E-state index >= 15 is 0 Å². The Hall–Kier alpha value is -1.56. The van der Waals surface area contributed by atoms with E-state index in [0.29, 0.717) is 0 Å². The Morgan fingerprint density at radius 2 is 2.41 bits per heavy atom. The molecule has 0 bridgehead atoms. The summed E-state index contributed by atoms with van der Waals surface area (Å²) in [7, 11) is 0. The van der Waals surface area contributed by atoms with Crippen LogP contribution in [0, 0.1) is 5.92 Å². The first-order valence-corrected chi connectivity index (χ1v) is 6.61. The summed E-state index contributed by atoms with van der Waals surface area (Å²) < 4.78 is 1.66. The third-order valence-electron chi connectivity index (χ3n) is 3.49. The highest BCUT2D eigenvalue weighted by Gasteiger charge is 2.23. The van der Waals surface area contributed by atoms with E-state index in [9.17, 15) is 0 Å². The molecule has 17 heavy (non-hydrogen) atoms. The van der Waals surface area contributed by atoms with Crippen LogP contribution in [0.5, 0.6) is 0 Å². The van der Waals surface area contributed by atoms with Gasteiger partial charge in [0.05, 0.1) is 5.39 Å². The van der Waals surface area contributed by atoms with Crippen molar-refractivity contribution in [1.82, 2.24) is 25.0 Å². The topological polar surface area (TPSA) is 56.0 Å². The van der Waals surface area contributed by atoms with Gasteiger partial charge in [-0.25, -0.2) is 4.98 Å². The van der Waals surface area contributed by atoms with Gasteiger partial charge in [-0.15, -0.1) is 16.4 Å². The number of hydrogen-bond donors (Lipinski definition) is 0. The Bertz CT molecular complexity index is 713. The number of fused-ring (bicyclic) bond motifs is 5. The third-order valence-corrected chi connectivity index (χ3v) is 4.66. The average Bonchev–Trinajstić information content (AvgIpc) is 2.89. The molecule has 0 fully saturated rings. The molecule has 0 radical (unpaired) electrons. The van der Waals surface area contributed by atoms with Crippen LogP contribution in [0.3, 0.4) is 0 Å². The maximum atomic E-state index is 4.45. The lowest BCUT2D eigenvalue weighted by Crippen LogP contribution is -2.08.